The first-order valence-electron chi connectivity index (χ1n) is 7.94. The molecule has 0 radical (unpaired) electrons. The predicted octanol–water partition coefficient (Wildman–Crippen LogP) is 2.48. The number of carbonyl (C=O) groups is 1. The average molecular weight is 315 g/mol. The van der Waals surface area contributed by atoms with Crippen LogP contribution in [0.5, 0.6) is 0 Å². The summed E-state index contributed by atoms with van der Waals surface area (Å²) < 4.78 is 18.8. The van der Waals surface area contributed by atoms with E-state index in [0.717, 1.165) is 24.1 Å². The van der Waals surface area contributed by atoms with Crippen LogP contribution < -0.4 is 5.32 Å². The van der Waals surface area contributed by atoms with Gasteiger partial charge in [0.05, 0.1) is 11.7 Å². The minimum Gasteiger partial charge on any atom is -0.438 e. The zero-order valence-corrected chi connectivity index (χ0v) is 12.7. The highest BCUT2D eigenvalue weighted by molar-refractivity contribution is 5.92. The first kappa shape index (κ1) is 14.4. The van der Waals surface area contributed by atoms with Crippen LogP contribution in [0.15, 0.2) is 35.1 Å². The third kappa shape index (κ3) is 2.86. The molecule has 1 amide bonds. The molecule has 2 aliphatic rings. The van der Waals surface area contributed by atoms with Gasteiger partial charge in [0.25, 0.3) is 5.91 Å². The van der Waals surface area contributed by atoms with Crippen LogP contribution in [-0.2, 0) is 0 Å². The van der Waals surface area contributed by atoms with E-state index < -0.39 is 0 Å². The number of amides is 1. The number of aromatic nitrogens is 1. The maximum atomic E-state index is 13.4. The lowest BCUT2D eigenvalue weighted by Crippen LogP contribution is -2.48. The van der Waals surface area contributed by atoms with Crippen LogP contribution in [0.2, 0.25) is 0 Å². The summed E-state index contributed by atoms with van der Waals surface area (Å²) in [6.45, 7) is 1.77. The zero-order chi connectivity index (χ0) is 15.8. The number of nitrogens with zero attached hydrogens (tertiary/aromatic N) is 2. The Kier molecular flexibility index (Phi) is 3.61. The van der Waals surface area contributed by atoms with Crippen molar-refractivity contribution < 1.29 is 13.6 Å². The monoisotopic (exact) mass is 315 g/mol. The predicted molar refractivity (Wildman–Crippen MR) is 81.5 cm³/mol. The molecule has 1 unspecified atom stereocenters. The Hall–Kier alpha value is -2.21. The number of piperazine rings is 1. The van der Waals surface area contributed by atoms with E-state index in [1.54, 1.807) is 11.0 Å². The van der Waals surface area contributed by atoms with Gasteiger partial charge in [-0.3, -0.25) is 4.79 Å². The van der Waals surface area contributed by atoms with Crippen molar-refractivity contribution in [2.24, 2.45) is 0 Å². The summed E-state index contributed by atoms with van der Waals surface area (Å²) in [7, 11) is 0. The normalized spacial score (nSPS) is 21.4. The molecule has 4 rings (SSSR count). The summed E-state index contributed by atoms with van der Waals surface area (Å²) in [5.41, 5.74) is 1.64. The number of carbonyl (C=O) groups excluding carboxylic acids is 1. The summed E-state index contributed by atoms with van der Waals surface area (Å²) in [6.07, 6.45) is 3.49. The Morgan fingerprint density at radius 1 is 1.39 bits per heavy atom. The average Bonchev–Trinajstić information content (AvgIpc) is 3.31. The van der Waals surface area contributed by atoms with Crippen LogP contribution in [0.3, 0.4) is 0 Å². The fourth-order valence-corrected chi connectivity index (χ4v) is 3.09. The van der Waals surface area contributed by atoms with Crippen molar-refractivity contribution in [3.8, 4) is 0 Å². The Morgan fingerprint density at radius 2 is 2.26 bits per heavy atom. The van der Waals surface area contributed by atoms with Crippen molar-refractivity contribution in [2.45, 2.75) is 24.8 Å². The molecule has 2 heterocycles. The van der Waals surface area contributed by atoms with Gasteiger partial charge in [-0.15, -0.1) is 0 Å². The van der Waals surface area contributed by atoms with Crippen molar-refractivity contribution >= 4 is 5.91 Å². The van der Waals surface area contributed by atoms with Crippen molar-refractivity contribution in [3.63, 3.8) is 0 Å². The fraction of sp³-hybridized carbons (Fsp3) is 0.412. The molecule has 120 valence electrons. The van der Waals surface area contributed by atoms with Gasteiger partial charge >= 0.3 is 0 Å². The summed E-state index contributed by atoms with van der Waals surface area (Å²) in [6, 6.07) is 6.42. The number of oxazole rings is 1. The standard InChI is InChI=1S/C17H18FN3O2/c18-13-3-1-2-12(8-13)14-9-21(7-6-19-14)17(22)16-15(11-4-5-11)20-10-23-16/h1-3,8,10-11,14,19H,4-7,9H2. The second kappa shape index (κ2) is 5.77. The van der Waals surface area contributed by atoms with E-state index in [0.29, 0.717) is 31.3 Å². The number of hydrogen-bond acceptors (Lipinski definition) is 4. The van der Waals surface area contributed by atoms with Gasteiger partial charge in [0.2, 0.25) is 5.76 Å². The molecule has 1 aromatic carbocycles. The first-order chi connectivity index (χ1) is 11.2. The second-order valence-electron chi connectivity index (χ2n) is 6.15. The quantitative estimate of drug-likeness (QED) is 0.945. The lowest BCUT2D eigenvalue weighted by molar-refractivity contribution is 0.0669. The largest absolute Gasteiger partial charge is 0.438 e. The fourth-order valence-electron chi connectivity index (χ4n) is 3.09. The Labute approximate surface area is 133 Å². The van der Waals surface area contributed by atoms with Crippen LogP contribution in [0, 0.1) is 5.82 Å². The van der Waals surface area contributed by atoms with E-state index in [2.05, 4.69) is 10.3 Å². The number of rotatable bonds is 3. The molecule has 1 aliphatic heterocycles. The molecule has 23 heavy (non-hydrogen) atoms. The lowest BCUT2D eigenvalue weighted by atomic mass is 10.0. The van der Waals surface area contributed by atoms with E-state index in [1.165, 1.54) is 18.5 Å². The summed E-state index contributed by atoms with van der Waals surface area (Å²) in [5, 5.41) is 3.34. The maximum absolute atomic E-state index is 13.4. The van der Waals surface area contributed by atoms with Crippen molar-refractivity contribution in [1.82, 2.24) is 15.2 Å². The van der Waals surface area contributed by atoms with Crippen LogP contribution in [-0.4, -0.2) is 35.4 Å². The third-order valence-corrected chi connectivity index (χ3v) is 4.47. The summed E-state index contributed by atoms with van der Waals surface area (Å²) >= 11 is 0. The van der Waals surface area contributed by atoms with E-state index in [1.807, 2.05) is 6.07 Å². The van der Waals surface area contributed by atoms with Crippen molar-refractivity contribution in [1.29, 1.82) is 0 Å². The van der Waals surface area contributed by atoms with Crippen LogP contribution in [0.1, 0.15) is 46.6 Å². The van der Waals surface area contributed by atoms with E-state index in [-0.39, 0.29) is 17.8 Å². The topological polar surface area (TPSA) is 58.4 Å². The highest BCUT2D eigenvalue weighted by atomic mass is 19.1. The number of halogens is 1. The molecule has 6 heteroatoms. The smallest absolute Gasteiger partial charge is 0.291 e. The van der Waals surface area contributed by atoms with Gasteiger partial charge in [0.15, 0.2) is 6.39 Å². The van der Waals surface area contributed by atoms with Crippen molar-refractivity contribution in [3.05, 3.63) is 53.5 Å². The molecule has 5 nitrogen and oxygen atoms in total. The molecule has 1 aromatic heterocycles. The second-order valence-corrected chi connectivity index (χ2v) is 6.15. The Bertz CT molecular complexity index is 726. The molecular formula is C17H18FN3O2. The van der Waals surface area contributed by atoms with Gasteiger partial charge in [0, 0.05) is 25.6 Å². The van der Waals surface area contributed by atoms with Gasteiger partial charge in [-0.05, 0) is 30.5 Å². The molecule has 1 saturated heterocycles. The molecule has 2 fully saturated rings. The van der Waals surface area contributed by atoms with E-state index in [4.69, 9.17) is 4.42 Å². The molecule has 1 N–H and O–H groups in total. The number of benzene rings is 1. The van der Waals surface area contributed by atoms with Crippen LogP contribution >= 0.6 is 0 Å². The van der Waals surface area contributed by atoms with Gasteiger partial charge in [-0.1, -0.05) is 12.1 Å². The lowest BCUT2D eigenvalue weighted by Gasteiger charge is -2.33. The SMILES string of the molecule is O=C(c1ocnc1C1CC1)N1CCNC(c2cccc(F)c2)C1. The highest BCUT2D eigenvalue weighted by Crippen LogP contribution is 2.41. The Morgan fingerprint density at radius 3 is 3.04 bits per heavy atom. The molecule has 1 aliphatic carbocycles. The minimum atomic E-state index is -0.265. The molecule has 2 aromatic rings. The van der Waals surface area contributed by atoms with Gasteiger partial charge in [-0.25, -0.2) is 9.37 Å². The molecule has 0 spiro atoms. The number of nitrogens with one attached hydrogen (secondary N) is 1. The molecular weight excluding hydrogens is 297 g/mol. The summed E-state index contributed by atoms with van der Waals surface area (Å²) in [5.74, 6) is 0.355. The first-order valence-corrected chi connectivity index (χ1v) is 7.94. The maximum Gasteiger partial charge on any atom is 0.291 e. The van der Waals surface area contributed by atoms with Gasteiger partial charge < -0.3 is 14.6 Å². The van der Waals surface area contributed by atoms with Gasteiger partial charge in [-0.2, -0.15) is 0 Å². The van der Waals surface area contributed by atoms with E-state index in [9.17, 15) is 9.18 Å². The highest BCUT2D eigenvalue weighted by Gasteiger charge is 2.35. The van der Waals surface area contributed by atoms with Crippen molar-refractivity contribution in [2.75, 3.05) is 19.6 Å². The molecule has 0 bridgehead atoms. The zero-order valence-electron chi connectivity index (χ0n) is 12.7. The van der Waals surface area contributed by atoms with Gasteiger partial charge in [0.1, 0.15) is 5.82 Å². The van der Waals surface area contributed by atoms with E-state index >= 15 is 0 Å². The number of hydrogen-bond donors (Lipinski definition) is 1. The van der Waals surface area contributed by atoms with Crippen LogP contribution in [0.25, 0.3) is 0 Å². The summed E-state index contributed by atoms with van der Waals surface area (Å²) in [4.78, 5) is 18.7. The van der Waals surface area contributed by atoms with Crippen LogP contribution in [0.4, 0.5) is 4.39 Å². The molecule has 1 atom stereocenters. The Balaban J connectivity index is 1.52. The molecule has 1 saturated carbocycles. The minimum absolute atomic E-state index is 0.0734. The third-order valence-electron chi connectivity index (χ3n) is 4.47.